The second kappa shape index (κ2) is 9.58. The predicted molar refractivity (Wildman–Crippen MR) is 87.5 cm³/mol. The largest absolute Gasteiger partial charge is 0.357 e. The number of nitrogens with zero attached hydrogens (tertiary/aromatic N) is 1. The predicted octanol–water partition coefficient (Wildman–Crippen LogP) is 1.68. The van der Waals surface area contributed by atoms with Crippen molar-refractivity contribution in [2.45, 2.75) is 20.4 Å². The van der Waals surface area contributed by atoms with Crippen molar-refractivity contribution >= 4 is 11.9 Å². The molecule has 5 heteroatoms. The van der Waals surface area contributed by atoms with Crippen LogP contribution in [0.25, 0.3) is 0 Å². The number of carbonyl (C=O) groups excluding carboxylic acids is 1. The molecule has 0 aromatic heterocycles. The van der Waals surface area contributed by atoms with E-state index < -0.39 is 0 Å². The van der Waals surface area contributed by atoms with Crippen LogP contribution in [-0.4, -0.2) is 31.5 Å². The van der Waals surface area contributed by atoms with Crippen molar-refractivity contribution in [3.8, 4) is 0 Å². The zero-order chi connectivity index (χ0) is 15.5. The molecule has 3 N–H and O–H groups in total. The summed E-state index contributed by atoms with van der Waals surface area (Å²) in [6, 6.07) is 7.51. The van der Waals surface area contributed by atoms with Gasteiger partial charge in [0.2, 0.25) is 0 Å². The second-order valence-corrected chi connectivity index (χ2v) is 4.42. The van der Waals surface area contributed by atoms with E-state index in [9.17, 15) is 4.79 Å². The van der Waals surface area contributed by atoms with Crippen molar-refractivity contribution in [3.05, 3.63) is 48.0 Å². The molecule has 5 nitrogen and oxygen atoms in total. The molecule has 0 saturated carbocycles. The molecule has 0 bridgehead atoms. The highest BCUT2D eigenvalue weighted by atomic mass is 16.1. The minimum atomic E-state index is -0.0555. The number of hydrogen-bond acceptors (Lipinski definition) is 2. The van der Waals surface area contributed by atoms with Gasteiger partial charge in [-0.2, -0.15) is 0 Å². The zero-order valence-electron chi connectivity index (χ0n) is 12.8. The first kappa shape index (κ1) is 16.8. The summed E-state index contributed by atoms with van der Waals surface area (Å²) in [4.78, 5) is 16.3. The average Bonchev–Trinajstić information content (AvgIpc) is 2.50. The molecule has 0 aliphatic heterocycles. The van der Waals surface area contributed by atoms with Crippen LogP contribution >= 0.6 is 0 Å². The van der Waals surface area contributed by atoms with Gasteiger partial charge in [-0.15, -0.1) is 6.58 Å². The summed E-state index contributed by atoms with van der Waals surface area (Å²) in [5.41, 5.74) is 1.66. The molecule has 1 aromatic carbocycles. The van der Waals surface area contributed by atoms with Crippen LogP contribution in [0.3, 0.4) is 0 Å². The lowest BCUT2D eigenvalue weighted by molar-refractivity contribution is 0.0955. The normalized spacial score (nSPS) is 10.9. The van der Waals surface area contributed by atoms with Gasteiger partial charge < -0.3 is 16.0 Å². The Morgan fingerprint density at radius 3 is 2.67 bits per heavy atom. The minimum Gasteiger partial charge on any atom is -0.357 e. The summed E-state index contributed by atoms with van der Waals surface area (Å²) in [6.07, 6.45) is 1.78. The Kier molecular flexibility index (Phi) is 7.64. The molecule has 0 unspecified atom stereocenters. The van der Waals surface area contributed by atoms with Crippen LogP contribution in [0.15, 0.2) is 41.9 Å². The van der Waals surface area contributed by atoms with Gasteiger partial charge in [0.1, 0.15) is 0 Å². The van der Waals surface area contributed by atoms with Crippen LogP contribution < -0.4 is 16.0 Å². The Hall–Kier alpha value is -2.30. The molecular formula is C16H24N4O. The Labute approximate surface area is 126 Å². The standard InChI is InChI=1S/C16H24N4O/c1-4-10-19-16(18-6-3)20-12-13-8-7-9-14(11-13)15(21)17-5-2/h4,7-9,11H,1,5-6,10,12H2,2-3H3,(H,17,21)(H2,18,19,20). The Morgan fingerprint density at radius 1 is 1.24 bits per heavy atom. The van der Waals surface area contributed by atoms with Crippen LogP contribution in [0.1, 0.15) is 29.8 Å². The number of carbonyl (C=O) groups is 1. The lowest BCUT2D eigenvalue weighted by atomic mass is 10.1. The molecule has 0 heterocycles. The fourth-order valence-electron chi connectivity index (χ4n) is 1.75. The highest BCUT2D eigenvalue weighted by molar-refractivity contribution is 5.94. The van der Waals surface area contributed by atoms with Gasteiger partial charge in [0.15, 0.2) is 5.96 Å². The Bertz CT molecular complexity index is 497. The van der Waals surface area contributed by atoms with E-state index in [1.165, 1.54) is 0 Å². The maximum atomic E-state index is 11.8. The smallest absolute Gasteiger partial charge is 0.251 e. The number of nitrogens with one attached hydrogen (secondary N) is 3. The monoisotopic (exact) mass is 288 g/mol. The summed E-state index contributed by atoms with van der Waals surface area (Å²) >= 11 is 0. The van der Waals surface area contributed by atoms with E-state index in [1.807, 2.05) is 32.0 Å². The highest BCUT2D eigenvalue weighted by Crippen LogP contribution is 2.06. The third-order valence-electron chi connectivity index (χ3n) is 2.70. The van der Waals surface area contributed by atoms with Gasteiger partial charge in [-0.3, -0.25) is 4.79 Å². The van der Waals surface area contributed by atoms with E-state index in [0.29, 0.717) is 25.2 Å². The first-order valence-corrected chi connectivity index (χ1v) is 7.21. The van der Waals surface area contributed by atoms with Crippen LogP contribution in [-0.2, 0) is 6.54 Å². The lowest BCUT2D eigenvalue weighted by Gasteiger charge is -2.09. The molecule has 1 rings (SSSR count). The molecule has 21 heavy (non-hydrogen) atoms. The van der Waals surface area contributed by atoms with E-state index in [1.54, 1.807) is 12.1 Å². The fraction of sp³-hybridized carbons (Fsp3) is 0.375. The molecule has 0 radical (unpaired) electrons. The van der Waals surface area contributed by atoms with Crippen molar-refractivity contribution in [1.29, 1.82) is 0 Å². The number of benzene rings is 1. The summed E-state index contributed by atoms with van der Waals surface area (Å²) in [5.74, 6) is 0.681. The average molecular weight is 288 g/mol. The first-order chi connectivity index (χ1) is 10.2. The third kappa shape index (κ3) is 6.12. The van der Waals surface area contributed by atoms with Crippen molar-refractivity contribution in [1.82, 2.24) is 16.0 Å². The maximum Gasteiger partial charge on any atom is 0.251 e. The molecule has 0 spiro atoms. The van der Waals surface area contributed by atoms with Crippen LogP contribution in [0.5, 0.6) is 0 Å². The summed E-state index contributed by atoms with van der Waals surface area (Å²) in [5, 5.41) is 9.09. The number of amides is 1. The van der Waals surface area contributed by atoms with Gasteiger partial charge in [0.25, 0.3) is 5.91 Å². The van der Waals surface area contributed by atoms with Crippen LogP contribution in [0.4, 0.5) is 0 Å². The molecule has 0 saturated heterocycles. The minimum absolute atomic E-state index is 0.0555. The van der Waals surface area contributed by atoms with Gasteiger partial charge >= 0.3 is 0 Å². The molecule has 1 amide bonds. The third-order valence-corrected chi connectivity index (χ3v) is 2.70. The van der Waals surface area contributed by atoms with E-state index in [2.05, 4.69) is 27.5 Å². The van der Waals surface area contributed by atoms with Crippen molar-refractivity contribution in [2.24, 2.45) is 4.99 Å². The van der Waals surface area contributed by atoms with E-state index >= 15 is 0 Å². The number of guanidine groups is 1. The van der Waals surface area contributed by atoms with Gasteiger partial charge in [-0.05, 0) is 31.5 Å². The van der Waals surface area contributed by atoms with Gasteiger partial charge in [-0.25, -0.2) is 4.99 Å². The van der Waals surface area contributed by atoms with Gasteiger partial charge in [0.05, 0.1) is 6.54 Å². The molecular weight excluding hydrogens is 264 g/mol. The SMILES string of the molecule is C=CCNC(=NCc1cccc(C(=O)NCC)c1)NCC. The van der Waals surface area contributed by atoms with E-state index in [0.717, 1.165) is 18.1 Å². The number of aliphatic imine (C=N–C) groups is 1. The Balaban J connectivity index is 2.74. The van der Waals surface area contributed by atoms with Crippen molar-refractivity contribution in [3.63, 3.8) is 0 Å². The quantitative estimate of drug-likeness (QED) is 0.406. The summed E-state index contributed by atoms with van der Waals surface area (Å²) in [7, 11) is 0. The summed E-state index contributed by atoms with van der Waals surface area (Å²) in [6.45, 7) is 10.2. The molecule has 0 fully saturated rings. The number of hydrogen-bond donors (Lipinski definition) is 3. The fourth-order valence-corrected chi connectivity index (χ4v) is 1.75. The van der Waals surface area contributed by atoms with E-state index in [4.69, 9.17) is 0 Å². The molecule has 1 aromatic rings. The van der Waals surface area contributed by atoms with Gasteiger partial charge in [0, 0.05) is 25.2 Å². The Morgan fingerprint density at radius 2 is 2.00 bits per heavy atom. The summed E-state index contributed by atoms with van der Waals surface area (Å²) < 4.78 is 0. The number of rotatable bonds is 7. The topological polar surface area (TPSA) is 65.5 Å². The second-order valence-electron chi connectivity index (χ2n) is 4.42. The maximum absolute atomic E-state index is 11.8. The van der Waals surface area contributed by atoms with Crippen LogP contribution in [0, 0.1) is 0 Å². The van der Waals surface area contributed by atoms with Crippen molar-refractivity contribution < 1.29 is 4.79 Å². The molecule has 114 valence electrons. The molecule has 0 atom stereocenters. The first-order valence-electron chi connectivity index (χ1n) is 7.21. The van der Waals surface area contributed by atoms with Crippen LogP contribution in [0.2, 0.25) is 0 Å². The zero-order valence-corrected chi connectivity index (χ0v) is 12.8. The highest BCUT2D eigenvalue weighted by Gasteiger charge is 2.04. The van der Waals surface area contributed by atoms with Crippen molar-refractivity contribution in [2.75, 3.05) is 19.6 Å². The molecule has 0 aliphatic rings. The van der Waals surface area contributed by atoms with Gasteiger partial charge in [-0.1, -0.05) is 18.2 Å². The van der Waals surface area contributed by atoms with E-state index in [-0.39, 0.29) is 5.91 Å². The lowest BCUT2D eigenvalue weighted by Crippen LogP contribution is -2.37. The molecule has 0 aliphatic carbocycles.